The zero-order valence-electron chi connectivity index (χ0n) is 14.4. The monoisotopic (exact) mass is 472 g/mol. The number of carbonyl (C=O) groups is 1. The number of para-hydroxylation sites is 1. The molecule has 1 atom stereocenters. The van der Waals surface area contributed by atoms with Crippen molar-refractivity contribution in [3.63, 3.8) is 0 Å². The van der Waals surface area contributed by atoms with Gasteiger partial charge in [0.05, 0.1) is 11.9 Å². The van der Waals surface area contributed by atoms with E-state index in [4.69, 9.17) is 0 Å². The summed E-state index contributed by atoms with van der Waals surface area (Å²) in [6.45, 7) is 3.70. The first kappa shape index (κ1) is 19.7. The Bertz CT molecular complexity index is 854. The molecule has 5 nitrogen and oxygen atoms in total. The Labute approximate surface area is 162 Å². The van der Waals surface area contributed by atoms with Crippen LogP contribution in [0.1, 0.15) is 18.9 Å². The van der Waals surface area contributed by atoms with Gasteiger partial charge in [-0.3, -0.25) is 9.10 Å². The van der Waals surface area contributed by atoms with E-state index in [1.165, 1.54) is 4.31 Å². The molecule has 2 aromatic carbocycles. The van der Waals surface area contributed by atoms with Crippen molar-refractivity contribution < 1.29 is 13.2 Å². The van der Waals surface area contributed by atoms with Crippen LogP contribution >= 0.6 is 22.6 Å². The second-order valence-electron chi connectivity index (χ2n) is 5.77. The molecule has 0 aromatic heterocycles. The molecule has 1 amide bonds. The van der Waals surface area contributed by atoms with Crippen LogP contribution in [0.4, 0.5) is 11.4 Å². The number of aryl methyl sites for hydroxylation is 1. The third-order valence-electron chi connectivity index (χ3n) is 3.79. The molecule has 0 aliphatic rings. The van der Waals surface area contributed by atoms with Crippen molar-refractivity contribution in [3.05, 3.63) is 57.7 Å². The molecule has 1 N–H and O–H groups in total. The van der Waals surface area contributed by atoms with Crippen LogP contribution in [0.2, 0.25) is 0 Å². The van der Waals surface area contributed by atoms with Gasteiger partial charge in [-0.05, 0) is 71.8 Å². The van der Waals surface area contributed by atoms with Crippen LogP contribution in [0.3, 0.4) is 0 Å². The van der Waals surface area contributed by atoms with Crippen molar-refractivity contribution in [1.82, 2.24) is 0 Å². The number of carbonyl (C=O) groups excluding carboxylic acids is 1. The van der Waals surface area contributed by atoms with Gasteiger partial charge in [-0.2, -0.15) is 0 Å². The van der Waals surface area contributed by atoms with Crippen LogP contribution < -0.4 is 9.62 Å². The van der Waals surface area contributed by atoms with Gasteiger partial charge in [0, 0.05) is 9.26 Å². The molecule has 0 radical (unpaired) electrons. The maximum atomic E-state index is 12.8. The van der Waals surface area contributed by atoms with E-state index in [0.29, 0.717) is 17.8 Å². The largest absolute Gasteiger partial charge is 0.324 e. The summed E-state index contributed by atoms with van der Waals surface area (Å²) in [4.78, 5) is 12.8. The lowest BCUT2D eigenvalue weighted by atomic mass is 10.1. The van der Waals surface area contributed by atoms with Crippen molar-refractivity contribution in [2.45, 2.75) is 26.3 Å². The number of anilines is 2. The number of amides is 1. The minimum atomic E-state index is -3.61. The third-order valence-corrected chi connectivity index (χ3v) is 5.64. The van der Waals surface area contributed by atoms with E-state index in [9.17, 15) is 13.2 Å². The lowest BCUT2D eigenvalue weighted by Crippen LogP contribution is -2.47. The molecular formula is C18H21IN2O3S. The quantitative estimate of drug-likeness (QED) is 0.651. The average molecular weight is 472 g/mol. The summed E-state index contributed by atoms with van der Waals surface area (Å²) in [5, 5.41) is 2.86. The van der Waals surface area contributed by atoms with E-state index in [1.807, 2.05) is 25.1 Å². The number of nitrogens with one attached hydrogen (secondary N) is 1. The van der Waals surface area contributed by atoms with E-state index in [0.717, 1.165) is 15.4 Å². The van der Waals surface area contributed by atoms with Crippen LogP contribution in [-0.4, -0.2) is 26.6 Å². The van der Waals surface area contributed by atoms with Crippen molar-refractivity contribution in [2.24, 2.45) is 0 Å². The first-order valence-electron chi connectivity index (χ1n) is 7.85. The molecule has 0 saturated heterocycles. The highest BCUT2D eigenvalue weighted by Crippen LogP contribution is 2.24. The minimum Gasteiger partial charge on any atom is -0.324 e. The summed E-state index contributed by atoms with van der Waals surface area (Å²) >= 11 is 2.21. The van der Waals surface area contributed by atoms with Gasteiger partial charge >= 0.3 is 0 Å². The van der Waals surface area contributed by atoms with Crippen LogP contribution in [-0.2, 0) is 14.8 Å². The molecule has 25 heavy (non-hydrogen) atoms. The fraction of sp³-hybridized carbons (Fsp3) is 0.278. The molecule has 0 aliphatic heterocycles. The van der Waals surface area contributed by atoms with Crippen molar-refractivity contribution in [2.75, 3.05) is 15.9 Å². The van der Waals surface area contributed by atoms with Gasteiger partial charge in [-0.15, -0.1) is 0 Å². The molecule has 0 saturated carbocycles. The molecule has 0 bridgehead atoms. The number of halogens is 1. The molecule has 2 aromatic rings. The van der Waals surface area contributed by atoms with Crippen molar-refractivity contribution in [3.8, 4) is 0 Å². The van der Waals surface area contributed by atoms with E-state index >= 15 is 0 Å². The van der Waals surface area contributed by atoms with Gasteiger partial charge in [0.15, 0.2) is 0 Å². The number of hydrogen-bond acceptors (Lipinski definition) is 3. The fourth-order valence-corrected chi connectivity index (χ4v) is 4.48. The summed E-state index contributed by atoms with van der Waals surface area (Å²) in [5.74, 6) is -0.346. The van der Waals surface area contributed by atoms with Gasteiger partial charge in [0.2, 0.25) is 15.9 Å². The number of benzene rings is 2. The molecule has 0 unspecified atom stereocenters. The highest BCUT2D eigenvalue weighted by atomic mass is 127. The molecule has 0 fully saturated rings. The Balaban J connectivity index is 2.36. The Morgan fingerprint density at radius 1 is 1.20 bits per heavy atom. The Morgan fingerprint density at radius 3 is 2.36 bits per heavy atom. The van der Waals surface area contributed by atoms with E-state index in [-0.39, 0.29) is 5.91 Å². The first-order valence-corrected chi connectivity index (χ1v) is 10.8. The summed E-state index contributed by atoms with van der Waals surface area (Å²) in [5.41, 5.74) is 2.09. The van der Waals surface area contributed by atoms with E-state index < -0.39 is 16.1 Å². The number of sulfonamides is 1. The normalized spacial score (nSPS) is 12.5. The second kappa shape index (κ2) is 8.18. The van der Waals surface area contributed by atoms with Gasteiger partial charge in [0.25, 0.3) is 0 Å². The van der Waals surface area contributed by atoms with Crippen molar-refractivity contribution >= 4 is 49.9 Å². The molecule has 2 rings (SSSR count). The Kier molecular flexibility index (Phi) is 6.45. The van der Waals surface area contributed by atoms with Crippen LogP contribution in [0.25, 0.3) is 0 Å². The first-order chi connectivity index (χ1) is 11.7. The SMILES string of the molecule is CC[C@H](C(=O)Nc1ccc(I)cc1C)N(c1ccccc1)S(C)(=O)=O. The standard InChI is InChI=1S/C18H21IN2O3S/c1-4-17(18(22)20-16-11-10-14(19)12-13(16)2)21(25(3,23)24)15-8-6-5-7-9-15/h5-12,17H,4H2,1-3H3,(H,20,22)/t17-/m1/s1. The van der Waals surface area contributed by atoms with Gasteiger partial charge in [-0.25, -0.2) is 8.42 Å². The molecule has 0 spiro atoms. The predicted molar refractivity (Wildman–Crippen MR) is 110 cm³/mol. The maximum absolute atomic E-state index is 12.8. The summed E-state index contributed by atoms with van der Waals surface area (Å²) in [6.07, 6.45) is 1.48. The summed E-state index contributed by atoms with van der Waals surface area (Å²) in [7, 11) is -3.61. The molecule has 7 heteroatoms. The Morgan fingerprint density at radius 2 is 1.84 bits per heavy atom. The van der Waals surface area contributed by atoms with Gasteiger partial charge in [-0.1, -0.05) is 25.1 Å². The van der Waals surface area contributed by atoms with Crippen molar-refractivity contribution in [1.29, 1.82) is 0 Å². The highest BCUT2D eigenvalue weighted by molar-refractivity contribution is 14.1. The number of nitrogens with zero attached hydrogens (tertiary/aromatic N) is 1. The third kappa shape index (κ3) is 4.94. The second-order valence-corrected chi connectivity index (χ2v) is 8.87. The molecule has 134 valence electrons. The van der Waals surface area contributed by atoms with Gasteiger partial charge in [0.1, 0.15) is 6.04 Å². The van der Waals surface area contributed by atoms with Crippen LogP contribution in [0.5, 0.6) is 0 Å². The predicted octanol–water partition coefficient (Wildman–Crippen LogP) is 3.78. The van der Waals surface area contributed by atoms with Crippen LogP contribution in [0.15, 0.2) is 48.5 Å². The molecule has 0 aliphatic carbocycles. The maximum Gasteiger partial charge on any atom is 0.248 e. The fourth-order valence-electron chi connectivity index (χ4n) is 2.62. The molecular weight excluding hydrogens is 451 g/mol. The summed E-state index contributed by atoms with van der Waals surface area (Å²) < 4.78 is 26.9. The highest BCUT2D eigenvalue weighted by Gasteiger charge is 2.31. The minimum absolute atomic E-state index is 0.346. The van der Waals surface area contributed by atoms with E-state index in [2.05, 4.69) is 27.9 Å². The lowest BCUT2D eigenvalue weighted by molar-refractivity contribution is -0.117. The number of hydrogen-bond donors (Lipinski definition) is 1. The molecule has 0 heterocycles. The van der Waals surface area contributed by atoms with E-state index in [1.54, 1.807) is 37.3 Å². The van der Waals surface area contributed by atoms with Gasteiger partial charge < -0.3 is 5.32 Å². The topological polar surface area (TPSA) is 66.5 Å². The number of rotatable bonds is 6. The Hall–Kier alpha value is -1.61. The zero-order valence-corrected chi connectivity index (χ0v) is 17.3. The smallest absolute Gasteiger partial charge is 0.248 e. The zero-order chi connectivity index (χ0) is 18.6. The summed E-state index contributed by atoms with van der Waals surface area (Å²) in [6, 6.07) is 13.5. The average Bonchev–Trinajstić information content (AvgIpc) is 2.54. The van der Waals surface area contributed by atoms with Crippen LogP contribution in [0, 0.1) is 10.5 Å². The lowest BCUT2D eigenvalue weighted by Gasteiger charge is -2.30.